The van der Waals surface area contributed by atoms with Crippen LogP contribution >= 0.6 is 31.9 Å². The lowest BCUT2D eigenvalue weighted by Crippen LogP contribution is -2.30. The number of carbonyl (C=O) groups is 1. The van der Waals surface area contributed by atoms with E-state index in [1.54, 1.807) is 13.0 Å². The summed E-state index contributed by atoms with van der Waals surface area (Å²) in [5.41, 5.74) is 1.58. The van der Waals surface area contributed by atoms with E-state index in [1.165, 1.54) is 18.2 Å². The molecule has 22 heavy (non-hydrogen) atoms. The van der Waals surface area contributed by atoms with Crippen molar-refractivity contribution in [1.82, 2.24) is 0 Å². The highest BCUT2D eigenvalue weighted by molar-refractivity contribution is 9.11. The molecule has 0 aliphatic rings. The van der Waals surface area contributed by atoms with Crippen molar-refractivity contribution < 1.29 is 13.9 Å². The largest absolute Gasteiger partial charge is 0.480 e. The number of hydrogen-bond acceptors (Lipinski definition) is 2. The Labute approximate surface area is 145 Å². The average molecular weight is 431 g/mol. The third-order valence-corrected chi connectivity index (χ3v) is 4.23. The SMILES string of the molecule is Cc1ccc(OC(C)C(=O)Nc2ccc(F)cc2Br)c(Br)c1. The Hall–Kier alpha value is -1.40. The van der Waals surface area contributed by atoms with Gasteiger partial charge in [0.05, 0.1) is 10.2 Å². The maximum absolute atomic E-state index is 13.0. The molecule has 2 aromatic rings. The Bertz CT molecular complexity index is 707. The molecule has 0 radical (unpaired) electrons. The maximum atomic E-state index is 13.0. The van der Waals surface area contributed by atoms with Crippen molar-refractivity contribution in [2.75, 3.05) is 5.32 Å². The predicted molar refractivity (Wildman–Crippen MR) is 91.7 cm³/mol. The molecule has 2 aromatic carbocycles. The standard InChI is InChI=1S/C16H14Br2FNO2/c1-9-3-6-15(13(18)7-9)22-10(2)16(21)20-14-5-4-11(19)8-12(14)17/h3-8,10H,1-2H3,(H,20,21). The summed E-state index contributed by atoms with van der Waals surface area (Å²) in [4.78, 5) is 12.2. The Balaban J connectivity index is 2.05. The minimum Gasteiger partial charge on any atom is -0.480 e. The second-order valence-corrected chi connectivity index (χ2v) is 6.52. The fourth-order valence-corrected chi connectivity index (χ4v) is 2.81. The topological polar surface area (TPSA) is 38.3 Å². The van der Waals surface area contributed by atoms with E-state index in [0.29, 0.717) is 15.9 Å². The molecule has 0 fully saturated rings. The normalized spacial score (nSPS) is 11.9. The second kappa shape index (κ2) is 7.24. The van der Waals surface area contributed by atoms with Crippen molar-refractivity contribution in [2.45, 2.75) is 20.0 Å². The molecule has 1 atom stereocenters. The third kappa shape index (κ3) is 4.30. The number of anilines is 1. The van der Waals surface area contributed by atoms with Crippen LogP contribution in [0.2, 0.25) is 0 Å². The van der Waals surface area contributed by atoms with Crippen LogP contribution in [0.5, 0.6) is 5.75 Å². The molecule has 0 aliphatic carbocycles. The van der Waals surface area contributed by atoms with Gasteiger partial charge >= 0.3 is 0 Å². The Kier molecular flexibility index (Phi) is 5.58. The van der Waals surface area contributed by atoms with Crippen LogP contribution < -0.4 is 10.1 Å². The molecule has 0 saturated carbocycles. The summed E-state index contributed by atoms with van der Waals surface area (Å²) in [6.07, 6.45) is -0.698. The molecule has 6 heteroatoms. The van der Waals surface area contributed by atoms with Crippen LogP contribution in [-0.4, -0.2) is 12.0 Å². The second-order valence-electron chi connectivity index (χ2n) is 4.81. The smallest absolute Gasteiger partial charge is 0.265 e. The summed E-state index contributed by atoms with van der Waals surface area (Å²) in [5.74, 6) is -0.107. The van der Waals surface area contributed by atoms with Crippen molar-refractivity contribution in [3.8, 4) is 5.75 Å². The van der Waals surface area contributed by atoms with Gasteiger partial charge in [0, 0.05) is 4.47 Å². The first-order chi connectivity index (χ1) is 10.4. The molecule has 1 amide bonds. The van der Waals surface area contributed by atoms with Crippen molar-refractivity contribution in [1.29, 1.82) is 0 Å². The zero-order valence-corrected chi connectivity index (χ0v) is 15.2. The number of amides is 1. The lowest BCUT2D eigenvalue weighted by atomic mass is 10.2. The zero-order chi connectivity index (χ0) is 16.3. The van der Waals surface area contributed by atoms with Crippen molar-refractivity contribution in [3.63, 3.8) is 0 Å². The van der Waals surface area contributed by atoms with E-state index >= 15 is 0 Å². The van der Waals surface area contributed by atoms with E-state index in [9.17, 15) is 9.18 Å². The van der Waals surface area contributed by atoms with Crippen LogP contribution in [0.1, 0.15) is 12.5 Å². The van der Waals surface area contributed by atoms with Gasteiger partial charge in [-0.25, -0.2) is 4.39 Å². The van der Waals surface area contributed by atoms with E-state index in [0.717, 1.165) is 10.0 Å². The highest BCUT2D eigenvalue weighted by atomic mass is 79.9. The number of halogens is 3. The van der Waals surface area contributed by atoms with Crippen molar-refractivity contribution in [3.05, 3.63) is 56.7 Å². The molecular weight excluding hydrogens is 417 g/mol. The van der Waals surface area contributed by atoms with Gasteiger partial charge in [0.15, 0.2) is 6.10 Å². The van der Waals surface area contributed by atoms with Gasteiger partial charge in [0.25, 0.3) is 5.91 Å². The first kappa shape index (κ1) is 17.0. The van der Waals surface area contributed by atoms with Crippen LogP contribution in [0.25, 0.3) is 0 Å². The molecule has 0 spiro atoms. The molecule has 116 valence electrons. The highest BCUT2D eigenvalue weighted by Crippen LogP contribution is 2.27. The van der Waals surface area contributed by atoms with Crippen LogP contribution in [0.15, 0.2) is 45.3 Å². The molecule has 0 saturated heterocycles. The number of aryl methyl sites for hydroxylation is 1. The quantitative estimate of drug-likeness (QED) is 0.735. The third-order valence-electron chi connectivity index (χ3n) is 2.95. The first-order valence-corrected chi connectivity index (χ1v) is 8.14. The van der Waals surface area contributed by atoms with Gasteiger partial charge in [-0.15, -0.1) is 0 Å². The molecule has 3 nitrogen and oxygen atoms in total. The minimum atomic E-state index is -0.698. The molecule has 0 heterocycles. The van der Waals surface area contributed by atoms with Gasteiger partial charge in [-0.2, -0.15) is 0 Å². The van der Waals surface area contributed by atoms with Gasteiger partial charge < -0.3 is 10.1 Å². The van der Waals surface area contributed by atoms with E-state index < -0.39 is 6.10 Å². The van der Waals surface area contributed by atoms with Gasteiger partial charge in [0.2, 0.25) is 0 Å². The number of hydrogen-bond donors (Lipinski definition) is 1. The van der Waals surface area contributed by atoms with Gasteiger partial charge in [-0.05, 0) is 81.6 Å². The van der Waals surface area contributed by atoms with E-state index in [1.807, 2.05) is 19.1 Å². The minimum absolute atomic E-state index is 0.320. The van der Waals surface area contributed by atoms with Gasteiger partial charge in [0.1, 0.15) is 11.6 Å². The van der Waals surface area contributed by atoms with Crippen molar-refractivity contribution >= 4 is 43.5 Å². The van der Waals surface area contributed by atoms with Crippen LogP contribution in [-0.2, 0) is 4.79 Å². The number of benzene rings is 2. The Morgan fingerprint density at radius 3 is 2.55 bits per heavy atom. The number of ether oxygens (including phenoxy) is 1. The van der Waals surface area contributed by atoms with Crippen LogP contribution in [0.3, 0.4) is 0 Å². The van der Waals surface area contributed by atoms with Crippen LogP contribution in [0, 0.1) is 12.7 Å². The first-order valence-electron chi connectivity index (χ1n) is 6.55. The summed E-state index contributed by atoms with van der Waals surface area (Å²) < 4.78 is 19.9. The number of rotatable bonds is 4. The monoisotopic (exact) mass is 429 g/mol. The lowest BCUT2D eigenvalue weighted by Gasteiger charge is -2.16. The summed E-state index contributed by atoms with van der Waals surface area (Å²) >= 11 is 6.61. The van der Waals surface area contributed by atoms with Crippen molar-refractivity contribution in [2.24, 2.45) is 0 Å². The summed E-state index contributed by atoms with van der Waals surface area (Å²) in [6.45, 7) is 3.62. The Morgan fingerprint density at radius 1 is 1.18 bits per heavy atom. The molecule has 0 aromatic heterocycles. The number of carbonyl (C=O) groups excluding carboxylic acids is 1. The molecular formula is C16H14Br2FNO2. The van der Waals surface area contributed by atoms with E-state index in [4.69, 9.17) is 4.74 Å². The molecule has 0 aliphatic heterocycles. The maximum Gasteiger partial charge on any atom is 0.265 e. The zero-order valence-electron chi connectivity index (χ0n) is 12.0. The van der Waals surface area contributed by atoms with E-state index in [2.05, 4.69) is 37.2 Å². The predicted octanol–water partition coefficient (Wildman–Crippen LogP) is 5.07. The van der Waals surface area contributed by atoms with Gasteiger partial charge in [-0.1, -0.05) is 6.07 Å². The average Bonchev–Trinajstić information content (AvgIpc) is 2.44. The molecule has 1 unspecified atom stereocenters. The van der Waals surface area contributed by atoms with E-state index in [-0.39, 0.29) is 11.7 Å². The van der Waals surface area contributed by atoms with Gasteiger partial charge in [-0.3, -0.25) is 4.79 Å². The van der Waals surface area contributed by atoms with Crippen LogP contribution in [0.4, 0.5) is 10.1 Å². The Morgan fingerprint density at radius 2 is 1.91 bits per heavy atom. The number of nitrogens with one attached hydrogen (secondary N) is 1. The molecule has 1 N–H and O–H groups in total. The summed E-state index contributed by atoms with van der Waals surface area (Å²) in [5, 5.41) is 2.70. The fraction of sp³-hybridized carbons (Fsp3) is 0.188. The molecule has 0 bridgehead atoms. The molecule has 2 rings (SSSR count). The lowest BCUT2D eigenvalue weighted by molar-refractivity contribution is -0.122. The fourth-order valence-electron chi connectivity index (χ4n) is 1.77. The summed E-state index contributed by atoms with van der Waals surface area (Å²) in [7, 11) is 0. The summed E-state index contributed by atoms with van der Waals surface area (Å²) in [6, 6.07) is 9.68. The highest BCUT2D eigenvalue weighted by Gasteiger charge is 2.17.